The number of likely N-dealkylation sites (tertiary alicyclic amines) is 1. The van der Waals surface area contributed by atoms with Crippen LogP contribution in [0.5, 0.6) is 0 Å². The van der Waals surface area contributed by atoms with Crippen molar-refractivity contribution in [3.8, 4) is 0 Å². The van der Waals surface area contributed by atoms with Gasteiger partial charge < -0.3 is 9.80 Å². The minimum Gasteiger partial charge on any atom is -0.338 e. The fraction of sp³-hybridized carbons (Fsp3) is 0.615. The molecule has 0 bridgehead atoms. The maximum atomic E-state index is 13.8. The van der Waals surface area contributed by atoms with Crippen LogP contribution in [0.2, 0.25) is 0 Å². The van der Waals surface area contributed by atoms with Gasteiger partial charge in [0.25, 0.3) is 5.91 Å². The number of carbonyl (C=O) groups excluding carboxylic acids is 1. The SMILES string of the molecule is Cc1cc(C)c2nc(C3CC3)cc(C(=O)N3CCC(N4CCN(C)CC4)C(C)C3)c2c1. The quantitative estimate of drug-likeness (QED) is 0.757. The molecule has 3 heterocycles. The van der Waals surface area contributed by atoms with E-state index in [-0.39, 0.29) is 5.91 Å². The van der Waals surface area contributed by atoms with Crippen LogP contribution in [0.3, 0.4) is 0 Å². The lowest BCUT2D eigenvalue weighted by Crippen LogP contribution is -2.56. The first-order chi connectivity index (χ1) is 14.9. The fourth-order valence-electron chi connectivity index (χ4n) is 5.65. The second-order valence-electron chi connectivity index (χ2n) is 10.3. The summed E-state index contributed by atoms with van der Waals surface area (Å²) in [6.07, 6.45) is 3.47. The van der Waals surface area contributed by atoms with E-state index in [1.165, 1.54) is 24.0 Å². The van der Waals surface area contributed by atoms with Crippen molar-refractivity contribution in [2.45, 2.75) is 52.0 Å². The molecule has 5 heteroatoms. The molecule has 2 unspecified atom stereocenters. The van der Waals surface area contributed by atoms with Crippen LogP contribution in [-0.2, 0) is 0 Å². The summed E-state index contributed by atoms with van der Waals surface area (Å²) in [7, 11) is 2.21. The molecule has 1 amide bonds. The molecule has 2 aromatic rings. The molecule has 1 aromatic heterocycles. The van der Waals surface area contributed by atoms with Gasteiger partial charge in [-0.1, -0.05) is 18.6 Å². The van der Waals surface area contributed by atoms with Gasteiger partial charge in [0.1, 0.15) is 0 Å². The zero-order chi connectivity index (χ0) is 21.7. The van der Waals surface area contributed by atoms with Gasteiger partial charge in [0, 0.05) is 62.3 Å². The van der Waals surface area contributed by atoms with E-state index >= 15 is 0 Å². The number of rotatable bonds is 3. The minimum atomic E-state index is 0.197. The molecule has 31 heavy (non-hydrogen) atoms. The Bertz CT molecular complexity index is 991. The number of piperidine rings is 1. The highest BCUT2D eigenvalue weighted by atomic mass is 16.2. The monoisotopic (exact) mass is 420 g/mol. The number of pyridine rings is 1. The van der Waals surface area contributed by atoms with Crippen molar-refractivity contribution in [1.82, 2.24) is 19.7 Å². The number of aromatic nitrogens is 1. The lowest BCUT2D eigenvalue weighted by Gasteiger charge is -2.45. The molecule has 166 valence electrons. The number of hydrogen-bond acceptors (Lipinski definition) is 4. The van der Waals surface area contributed by atoms with Crippen molar-refractivity contribution in [2.75, 3.05) is 46.3 Å². The topological polar surface area (TPSA) is 39.7 Å². The van der Waals surface area contributed by atoms with Gasteiger partial charge in [-0.15, -0.1) is 0 Å². The highest BCUT2D eigenvalue weighted by molar-refractivity contribution is 6.07. The zero-order valence-corrected chi connectivity index (χ0v) is 19.5. The lowest BCUT2D eigenvalue weighted by atomic mass is 9.91. The predicted molar refractivity (Wildman–Crippen MR) is 126 cm³/mol. The van der Waals surface area contributed by atoms with E-state index in [0.717, 1.165) is 67.8 Å². The fourth-order valence-corrected chi connectivity index (χ4v) is 5.65. The van der Waals surface area contributed by atoms with E-state index in [4.69, 9.17) is 4.98 Å². The van der Waals surface area contributed by atoms with Gasteiger partial charge in [0.15, 0.2) is 0 Å². The first-order valence-corrected chi connectivity index (χ1v) is 12.0. The number of hydrogen-bond donors (Lipinski definition) is 0. The van der Waals surface area contributed by atoms with Gasteiger partial charge in [-0.05, 0) is 63.8 Å². The van der Waals surface area contributed by atoms with Crippen LogP contribution >= 0.6 is 0 Å². The lowest BCUT2D eigenvalue weighted by molar-refractivity contribution is 0.0304. The van der Waals surface area contributed by atoms with Crippen LogP contribution in [0.15, 0.2) is 18.2 Å². The van der Waals surface area contributed by atoms with Crippen molar-refractivity contribution in [3.05, 3.63) is 40.6 Å². The molecule has 1 aliphatic carbocycles. The summed E-state index contributed by atoms with van der Waals surface area (Å²) >= 11 is 0. The Morgan fingerprint density at radius 2 is 1.74 bits per heavy atom. The molecule has 5 nitrogen and oxygen atoms in total. The molecular formula is C26H36N4O. The molecule has 2 saturated heterocycles. The van der Waals surface area contributed by atoms with Crippen LogP contribution < -0.4 is 0 Å². The van der Waals surface area contributed by atoms with E-state index in [0.29, 0.717) is 17.9 Å². The van der Waals surface area contributed by atoms with E-state index in [1.54, 1.807) is 0 Å². The Morgan fingerprint density at radius 3 is 2.42 bits per heavy atom. The van der Waals surface area contributed by atoms with Gasteiger partial charge in [-0.3, -0.25) is 14.7 Å². The third-order valence-electron chi connectivity index (χ3n) is 7.65. The van der Waals surface area contributed by atoms with Gasteiger partial charge in [-0.25, -0.2) is 0 Å². The van der Waals surface area contributed by atoms with Crippen LogP contribution in [-0.4, -0.2) is 77.9 Å². The molecule has 5 rings (SSSR count). The van der Waals surface area contributed by atoms with Gasteiger partial charge in [-0.2, -0.15) is 0 Å². The Morgan fingerprint density at radius 1 is 1.00 bits per heavy atom. The second kappa shape index (κ2) is 8.18. The smallest absolute Gasteiger partial charge is 0.254 e. The third kappa shape index (κ3) is 4.10. The maximum absolute atomic E-state index is 13.8. The van der Waals surface area contributed by atoms with Crippen molar-refractivity contribution < 1.29 is 4.79 Å². The average molecular weight is 421 g/mol. The number of amides is 1. The van der Waals surface area contributed by atoms with Crippen molar-refractivity contribution >= 4 is 16.8 Å². The standard InChI is InChI=1S/C26H36N4O/c1-17-13-18(2)25-21(14-17)22(15-23(27-25)20-5-6-20)26(31)30-8-7-24(19(3)16-30)29-11-9-28(4)10-12-29/h13-15,19-20,24H,5-12,16H2,1-4H3. The van der Waals surface area contributed by atoms with E-state index in [9.17, 15) is 4.79 Å². The Kier molecular flexibility index (Phi) is 5.51. The Hall–Kier alpha value is -1.98. The van der Waals surface area contributed by atoms with E-state index < -0.39 is 0 Å². The molecule has 1 aromatic carbocycles. The maximum Gasteiger partial charge on any atom is 0.254 e. The average Bonchev–Trinajstić information content (AvgIpc) is 3.59. The molecule has 3 aliphatic rings. The highest BCUT2D eigenvalue weighted by Gasteiger charge is 2.35. The minimum absolute atomic E-state index is 0.197. The summed E-state index contributed by atoms with van der Waals surface area (Å²) < 4.78 is 0. The first-order valence-electron chi connectivity index (χ1n) is 12.0. The molecule has 1 saturated carbocycles. The molecule has 2 atom stereocenters. The summed E-state index contributed by atoms with van der Waals surface area (Å²) in [5, 5.41) is 1.03. The summed E-state index contributed by atoms with van der Waals surface area (Å²) in [5.41, 5.74) is 5.36. The van der Waals surface area contributed by atoms with Crippen molar-refractivity contribution in [2.24, 2.45) is 5.92 Å². The summed E-state index contributed by atoms with van der Waals surface area (Å²) in [5.74, 6) is 1.24. The number of benzene rings is 1. The van der Waals surface area contributed by atoms with Crippen molar-refractivity contribution in [1.29, 1.82) is 0 Å². The highest BCUT2D eigenvalue weighted by Crippen LogP contribution is 2.41. The number of likely N-dealkylation sites (N-methyl/N-ethyl adjacent to an activating group) is 1. The number of carbonyl (C=O) groups is 1. The number of aryl methyl sites for hydroxylation is 2. The second-order valence-corrected chi connectivity index (χ2v) is 10.3. The van der Waals surface area contributed by atoms with Crippen LogP contribution in [0.1, 0.15) is 59.3 Å². The summed E-state index contributed by atoms with van der Waals surface area (Å²) in [6, 6.07) is 7.04. The van der Waals surface area contributed by atoms with Crippen LogP contribution in [0.4, 0.5) is 0 Å². The van der Waals surface area contributed by atoms with E-state index in [2.05, 4.69) is 60.7 Å². The van der Waals surface area contributed by atoms with Crippen LogP contribution in [0, 0.1) is 19.8 Å². The van der Waals surface area contributed by atoms with E-state index in [1.807, 2.05) is 0 Å². The molecule has 0 N–H and O–H groups in total. The Balaban J connectivity index is 1.40. The largest absolute Gasteiger partial charge is 0.338 e. The zero-order valence-electron chi connectivity index (χ0n) is 19.5. The van der Waals surface area contributed by atoms with Crippen LogP contribution in [0.25, 0.3) is 10.9 Å². The summed E-state index contributed by atoms with van der Waals surface area (Å²) in [6.45, 7) is 12.9. The molecule has 2 aliphatic heterocycles. The molecular weight excluding hydrogens is 384 g/mol. The summed E-state index contributed by atoms with van der Waals surface area (Å²) in [4.78, 5) is 25.9. The van der Waals surface area contributed by atoms with Gasteiger partial charge in [0.05, 0.1) is 11.1 Å². The first kappa shape index (κ1) is 20.9. The predicted octanol–water partition coefficient (Wildman–Crippen LogP) is 3.83. The number of nitrogens with zero attached hydrogens (tertiary/aromatic N) is 4. The van der Waals surface area contributed by atoms with Crippen molar-refractivity contribution in [3.63, 3.8) is 0 Å². The molecule has 3 fully saturated rings. The number of piperazine rings is 1. The van der Waals surface area contributed by atoms with Gasteiger partial charge >= 0.3 is 0 Å². The van der Waals surface area contributed by atoms with Gasteiger partial charge in [0.2, 0.25) is 0 Å². The molecule has 0 radical (unpaired) electrons. The normalized spacial score (nSPS) is 25.9. The molecule has 0 spiro atoms. The Labute approximate surface area is 186 Å². The number of fused-ring (bicyclic) bond motifs is 1. The third-order valence-corrected chi connectivity index (χ3v) is 7.65.